The highest BCUT2D eigenvalue weighted by Gasteiger charge is 2.21. The Balaban J connectivity index is 1.88. The molecule has 0 unspecified atom stereocenters. The number of anilines is 1. The van der Waals surface area contributed by atoms with Crippen molar-refractivity contribution in [1.82, 2.24) is 10.2 Å². The van der Waals surface area contributed by atoms with Crippen LogP contribution < -0.4 is 10.2 Å². The maximum atomic E-state index is 12.0. The molecule has 1 fully saturated rings. The van der Waals surface area contributed by atoms with E-state index in [-0.39, 0.29) is 6.03 Å². The zero-order chi connectivity index (χ0) is 15.2. The smallest absolute Gasteiger partial charge is 0.317 e. The van der Waals surface area contributed by atoms with Gasteiger partial charge >= 0.3 is 6.03 Å². The Labute approximate surface area is 128 Å². The lowest BCUT2D eigenvalue weighted by Gasteiger charge is -2.37. The lowest BCUT2D eigenvalue weighted by molar-refractivity contribution is 0.194. The topological polar surface area (TPSA) is 35.6 Å². The molecule has 2 rings (SSSR count). The average Bonchev–Trinajstić information content (AvgIpc) is 2.50. The van der Waals surface area contributed by atoms with Gasteiger partial charge in [0.1, 0.15) is 0 Å². The van der Waals surface area contributed by atoms with Gasteiger partial charge in [0.2, 0.25) is 0 Å². The van der Waals surface area contributed by atoms with Crippen LogP contribution in [0.25, 0.3) is 0 Å². The summed E-state index contributed by atoms with van der Waals surface area (Å²) in [6, 6.07) is 6.53. The second-order valence-electron chi connectivity index (χ2n) is 5.78. The van der Waals surface area contributed by atoms with Gasteiger partial charge in [-0.2, -0.15) is 0 Å². The summed E-state index contributed by atoms with van der Waals surface area (Å²) in [5.41, 5.74) is 3.98. The van der Waals surface area contributed by atoms with Crippen molar-refractivity contribution in [1.29, 1.82) is 0 Å². The number of amides is 2. The number of carbonyl (C=O) groups is 1. The van der Waals surface area contributed by atoms with Crippen LogP contribution in [0.2, 0.25) is 0 Å². The first-order valence-corrected chi connectivity index (χ1v) is 7.97. The second kappa shape index (κ2) is 7.34. The normalized spacial score (nSPS) is 15.2. The molecular weight excluding hydrogens is 262 g/mol. The van der Waals surface area contributed by atoms with E-state index >= 15 is 0 Å². The van der Waals surface area contributed by atoms with Gasteiger partial charge in [0, 0.05) is 38.4 Å². The van der Waals surface area contributed by atoms with Crippen molar-refractivity contribution >= 4 is 11.7 Å². The van der Waals surface area contributed by atoms with Crippen molar-refractivity contribution in [2.24, 2.45) is 0 Å². The molecule has 0 atom stereocenters. The fourth-order valence-electron chi connectivity index (χ4n) is 2.71. The Bertz CT molecular complexity index is 479. The molecule has 1 heterocycles. The predicted octanol–water partition coefficient (Wildman–Crippen LogP) is 2.94. The number of nitrogens with one attached hydrogen (secondary N) is 1. The third-order valence-electron chi connectivity index (χ3n) is 4.29. The van der Waals surface area contributed by atoms with Crippen LogP contribution in [0.15, 0.2) is 18.2 Å². The van der Waals surface area contributed by atoms with Crippen LogP contribution in [0, 0.1) is 13.8 Å². The van der Waals surface area contributed by atoms with Gasteiger partial charge in [0.25, 0.3) is 0 Å². The monoisotopic (exact) mass is 289 g/mol. The summed E-state index contributed by atoms with van der Waals surface area (Å²) in [5.74, 6) is 0. The molecule has 116 valence electrons. The third kappa shape index (κ3) is 3.90. The van der Waals surface area contributed by atoms with E-state index in [1.807, 2.05) is 4.90 Å². The molecule has 1 aromatic carbocycles. The molecule has 0 saturated carbocycles. The van der Waals surface area contributed by atoms with Gasteiger partial charge in [0.05, 0.1) is 0 Å². The SMILES string of the molecule is CCCCNC(=O)N1CCN(c2cccc(C)c2C)CC1. The van der Waals surface area contributed by atoms with Crippen LogP contribution in [0.3, 0.4) is 0 Å². The van der Waals surface area contributed by atoms with Gasteiger partial charge < -0.3 is 15.1 Å². The van der Waals surface area contributed by atoms with Crippen molar-refractivity contribution < 1.29 is 4.79 Å². The van der Waals surface area contributed by atoms with Crippen LogP contribution in [0.1, 0.15) is 30.9 Å². The van der Waals surface area contributed by atoms with E-state index < -0.39 is 0 Å². The first kappa shape index (κ1) is 15.7. The van der Waals surface area contributed by atoms with Crippen LogP contribution >= 0.6 is 0 Å². The van der Waals surface area contributed by atoms with Crippen molar-refractivity contribution in [3.63, 3.8) is 0 Å². The van der Waals surface area contributed by atoms with Crippen molar-refractivity contribution in [3.05, 3.63) is 29.3 Å². The molecule has 2 amide bonds. The molecular formula is C17H27N3O. The molecule has 0 spiro atoms. The number of piperazine rings is 1. The number of urea groups is 1. The maximum Gasteiger partial charge on any atom is 0.317 e. The molecule has 0 aliphatic carbocycles. The fourth-order valence-corrected chi connectivity index (χ4v) is 2.71. The first-order chi connectivity index (χ1) is 10.1. The predicted molar refractivity (Wildman–Crippen MR) is 88.0 cm³/mol. The Morgan fingerprint density at radius 2 is 1.90 bits per heavy atom. The fraction of sp³-hybridized carbons (Fsp3) is 0.588. The summed E-state index contributed by atoms with van der Waals surface area (Å²) < 4.78 is 0. The molecule has 1 aliphatic heterocycles. The molecule has 1 saturated heterocycles. The standard InChI is InChI=1S/C17H27N3O/c1-4-5-9-18-17(21)20-12-10-19(11-13-20)16-8-6-7-14(2)15(16)3/h6-8H,4-5,9-13H2,1-3H3,(H,18,21). The lowest BCUT2D eigenvalue weighted by atomic mass is 10.1. The maximum absolute atomic E-state index is 12.0. The number of unbranched alkanes of at least 4 members (excludes halogenated alkanes) is 1. The van der Waals surface area contributed by atoms with Gasteiger partial charge in [-0.15, -0.1) is 0 Å². The summed E-state index contributed by atoms with van der Waals surface area (Å²) >= 11 is 0. The molecule has 0 bridgehead atoms. The van der Waals surface area contributed by atoms with Crippen molar-refractivity contribution in [3.8, 4) is 0 Å². The summed E-state index contributed by atoms with van der Waals surface area (Å²) in [4.78, 5) is 16.3. The minimum Gasteiger partial charge on any atom is -0.368 e. The Kier molecular flexibility index (Phi) is 5.48. The zero-order valence-electron chi connectivity index (χ0n) is 13.5. The highest BCUT2D eigenvalue weighted by atomic mass is 16.2. The molecule has 4 nitrogen and oxygen atoms in total. The van der Waals surface area contributed by atoms with Gasteiger partial charge in [-0.1, -0.05) is 25.5 Å². The summed E-state index contributed by atoms with van der Waals surface area (Å²) in [5, 5.41) is 3.00. The van der Waals surface area contributed by atoms with E-state index in [0.29, 0.717) is 0 Å². The molecule has 4 heteroatoms. The van der Waals surface area contributed by atoms with E-state index in [1.165, 1.54) is 16.8 Å². The Morgan fingerprint density at radius 3 is 2.57 bits per heavy atom. The number of aryl methyl sites for hydroxylation is 1. The Morgan fingerprint density at radius 1 is 1.19 bits per heavy atom. The quantitative estimate of drug-likeness (QED) is 0.865. The number of benzene rings is 1. The van der Waals surface area contributed by atoms with Gasteiger partial charge in [-0.25, -0.2) is 4.79 Å². The Hall–Kier alpha value is -1.71. The molecule has 0 aromatic heterocycles. The molecule has 1 aromatic rings. The third-order valence-corrected chi connectivity index (χ3v) is 4.29. The number of carbonyl (C=O) groups excluding carboxylic acids is 1. The zero-order valence-corrected chi connectivity index (χ0v) is 13.5. The van der Waals surface area contributed by atoms with Gasteiger partial charge in [0.15, 0.2) is 0 Å². The molecule has 0 radical (unpaired) electrons. The van der Waals surface area contributed by atoms with E-state index in [2.05, 4.69) is 49.2 Å². The number of hydrogen-bond donors (Lipinski definition) is 1. The highest BCUT2D eigenvalue weighted by Crippen LogP contribution is 2.23. The van der Waals surface area contributed by atoms with E-state index in [4.69, 9.17) is 0 Å². The van der Waals surface area contributed by atoms with Crippen LogP contribution in [-0.4, -0.2) is 43.7 Å². The lowest BCUT2D eigenvalue weighted by Crippen LogP contribution is -2.52. The molecule has 1 N–H and O–H groups in total. The second-order valence-corrected chi connectivity index (χ2v) is 5.78. The number of hydrogen-bond acceptors (Lipinski definition) is 2. The molecule has 1 aliphatic rings. The largest absolute Gasteiger partial charge is 0.368 e. The van der Waals surface area contributed by atoms with Crippen LogP contribution in [0.5, 0.6) is 0 Å². The van der Waals surface area contributed by atoms with E-state index in [0.717, 1.165) is 45.6 Å². The van der Waals surface area contributed by atoms with Crippen LogP contribution in [0.4, 0.5) is 10.5 Å². The first-order valence-electron chi connectivity index (χ1n) is 7.97. The van der Waals surface area contributed by atoms with E-state index in [1.54, 1.807) is 0 Å². The average molecular weight is 289 g/mol. The van der Waals surface area contributed by atoms with Crippen LogP contribution in [-0.2, 0) is 0 Å². The van der Waals surface area contributed by atoms with Gasteiger partial charge in [-0.05, 0) is 37.5 Å². The summed E-state index contributed by atoms with van der Waals surface area (Å²) in [6.45, 7) is 10.7. The highest BCUT2D eigenvalue weighted by molar-refractivity contribution is 5.74. The number of rotatable bonds is 4. The minimum atomic E-state index is 0.0871. The van der Waals surface area contributed by atoms with Crippen molar-refractivity contribution in [2.75, 3.05) is 37.6 Å². The van der Waals surface area contributed by atoms with Crippen molar-refractivity contribution in [2.45, 2.75) is 33.6 Å². The molecule has 21 heavy (non-hydrogen) atoms. The summed E-state index contributed by atoms with van der Waals surface area (Å²) in [7, 11) is 0. The van der Waals surface area contributed by atoms with E-state index in [9.17, 15) is 4.79 Å². The summed E-state index contributed by atoms with van der Waals surface area (Å²) in [6.07, 6.45) is 2.16. The minimum absolute atomic E-state index is 0.0871. The number of nitrogens with zero attached hydrogens (tertiary/aromatic N) is 2. The van der Waals surface area contributed by atoms with Gasteiger partial charge in [-0.3, -0.25) is 0 Å².